The van der Waals surface area contributed by atoms with E-state index < -0.39 is 0 Å². The molecule has 0 unspecified atom stereocenters. The van der Waals surface area contributed by atoms with Crippen molar-refractivity contribution in [1.29, 1.82) is 0 Å². The highest BCUT2D eigenvalue weighted by Gasteiger charge is 2.26. The minimum Gasteiger partial charge on any atom is -0.490 e. The second-order valence-corrected chi connectivity index (χ2v) is 6.76. The van der Waals surface area contributed by atoms with E-state index in [1.54, 1.807) is 27.7 Å². The molecule has 7 nitrogen and oxygen atoms in total. The zero-order valence-corrected chi connectivity index (χ0v) is 14.5. The summed E-state index contributed by atoms with van der Waals surface area (Å²) in [6.45, 7) is 1.44. The monoisotopic (exact) mass is 362 g/mol. The van der Waals surface area contributed by atoms with Crippen molar-refractivity contribution in [1.82, 2.24) is 14.3 Å². The smallest absolute Gasteiger partial charge is 0.346 e. The lowest BCUT2D eigenvalue weighted by atomic mass is 10.2. The van der Waals surface area contributed by atoms with Crippen LogP contribution in [0, 0.1) is 0 Å². The van der Waals surface area contributed by atoms with Gasteiger partial charge < -0.3 is 9.64 Å². The van der Waals surface area contributed by atoms with Gasteiger partial charge in [-0.1, -0.05) is 18.0 Å². The molecule has 0 fully saturated rings. The molecule has 2 aromatic rings. The quantitative estimate of drug-likeness (QED) is 0.817. The Kier molecular flexibility index (Phi) is 4.25. The topological polar surface area (TPSA) is 69.4 Å². The minimum absolute atomic E-state index is 0.0786. The van der Waals surface area contributed by atoms with E-state index in [-0.39, 0.29) is 18.1 Å². The number of rotatable bonds is 2. The van der Waals surface area contributed by atoms with E-state index in [9.17, 15) is 9.59 Å². The van der Waals surface area contributed by atoms with Gasteiger partial charge in [-0.15, -0.1) is 0 Å². The van der Waals surface area contributed by atoms with E-state index in [4.69, 9.17) is 16.3 Å². The summed E-state index contributed by atoms with van der Waals surface area (Å²) in [5, 5.41) is 4.92. The van der Waals surface area contributed by atoms with Crippen LogP contribution in [0.1, 0.15) is 25.1 Å². The predicted molar refractivity (Wildman–Crippen MR) is 93.3 cm³/mol. The fraction of sp³-hybridized carbons (Fsp3) is 0.471. The van der Waals surface area contributed by atoms with Crippen molar-refractivity contribution in [2.75, 3.05) is 18.1 Å². The lowest BCUT2D eigenvalue weighted by Gasteiger charge is -2.29. The van der Waals surface area contributed by atoms with E-state index in [0.29, 0.717) is 36.2 Å². The SMILES string of the molecule is O=C(Cn1nc2n(c1=O)CCCCC2)N1CCOc2ccc(Cl)cc21. The molecule has 1 aromatic carbocycles. The van der Waals surface area contributed by atoms with Crippen molar-refractivity contribution in [3.8, 4) is 5.75 Å². The molecule has 2 aliphatic rings. The van der Waals surface area contributed by atoms with E-state index in [1.165, 1.54) is 4.68 Å². The van der Waals surface area contributed by atoms with Gasteiger partial charge in [-0.25, -0.2) is 9.48 Å². The van der Waals surface area contributed by atoms with Crippen LogP contribution in [0.15, 0.2) is 23.0 Å². The molecule has 2 aliphatic heterocycles. The van der Waals surface area contributed by atoms with Crippen molar-refractivity contribution >= 4 is 23.2 Å². The highest BCUT2D eigenvalue weighted by atomic mass is 35.5. The van der Waals surface area contributed by atoms with Crippen LogP contribution in [0.25, 0.3) is 0 Å². The van der Waals surface area contributed by atoms with Gasteiger partial charge in [0.25, 0.3) is 0 Å². The number of ether oxygens (including phenoxy) is 1. The first-order chi connectivity index (χ1) is 12.1. The molecule has 4 rings (SSSR count). The third-order valence-electron chi connectivity index (χ3n) is 4.65. The number of halogens is 1. The molecule has 132 valence electrons. The average molecular weight is 363 g/mol. The molecule has 0 spiro atoms. The van der Waals surface area contributed by atoms with Crippen molar-refractivity contribution in [3.63, 3.8) is 0 Å². The average Bonchev–Trinajstić information content (AvgIpc) is 2.77. The first-order valence-corrected chi connectivity index (χ1v) is 8.90. The summed E-state index contributed by atoms with van der Waals surface area (Å²) in [6.07, 6.45) is 3.89. The Bertz CT molecular complexity index is 873. The molecular formula is C17H19ClN4O3. The second-order valence-electron chi connectivity index (χ2n) is 6.32. The molecule has 0 saturated carbocycles. The predicted octanol–water partition coefficient (Wildman–Crippen LogP) is 1.85. The largest absolute Gasteiger partial charge is 0.490 e. The first kappa shape index (κ1) is 16.2. The number of aromatic nitrogens is 3. The summed E-state index contributed by atoms with van der Waals surface area (Å²) in [7, 11) is 0. The van der Waals surface area contributed by atoms with E-state index >= 15 is 0 Å². The Morgan fingerprint density at radius 1 is 1.24 bits per heavy atom. The summed E-state index contributed by atoms with van der Waals surface area (Å²) in [5.74, 6) is 1.21. The summed E-state index contributed by atoms with van der Waals surface area (Å²) < 4.78 is 8.55. The molecule has 1 aromatic heterocycles. The Morgan fingerprint density at radius 3 is 3.00 bits per heavy atom. The van der Waals surface area contributed by atoms with E-state index in [1.807, 2.05) is 0 Å². The summed E-state index contributed by atoms with van der Waals surface area (Å²) in [6, 6.07) is 5.19. The molecule has 25 heavy (non-hydrogen) atoms. The molecule has 0 bridgehead atoms. The molecule has 0 saturated heterocycles. The minimum atomic E-state index is -0.204. The van der Waals surface area contributed by atoms with Gasteiger partial charge in [0.2, 0.25) is 5.91 Å². The lowest BCUT2D eigenvalue weighted by molar-refractivity contribution is -0.119. The van der Waals surface area contributed by atoms with Crippen LogP contribution >= 0.6 is 11.6 Å². The van der Waals surface area contributed by atoms with Crippen LogP contribution in [0.2, 0.25) is 5.02 Å². The molecule has 8 heteroatoms. The summed E-state index contributed by atoms with van der Waals surface area (Å²) in [4.78, 5) is 26.9. The van der Waals surface area contributed by atoms with Gasteiger partial charge in [0.1, 0.15) is 24.7 Å². The van der Waals surface area contributed by atoms with Gasteiger partial charge in [-0.2, -0.15) is 5.10 Å². The highest BCUT2D eigenvalue weighted by Crippen LogP contribution is 2.34. The van der Waals surface area contributed by atoms with Gasteiger partial charge in [-0.05, 0) is 31.0 Å². The number of aryl methyl sites for hydroxylation is 1. The number of nitrogens with zero attached hydrogens (tertiary/aromatic N) is 4. The summed E-state index contributed by atoms with van der Waals surface area (Å²) >= 11 is 6.05. The molecule has 3 heterocycles. The fourth-order valence-electron chi connectivity index (χ4n) is 3.39. The van der Waals surface area contributed by atoms with Crippen LogP contribution in [-0.4, -0.2) is 33.4 Å². The van der Waals surface area contributed by atoms with E-state index in [0.717, 1.165) is 31.5 Å². The van der Waals surface area contributed by atoms with Crippen LogP contribution in [-0.2, 0) is 24.3 Å². The number of anilines is 1. The van der Waals surface area contributed by atoms with E-state index in [2.05, 4.69) is 5.10 Å². The van der Waals surface area contributed by atoms with Crippen molar-refractivity contribution in [2.24, 2.45) is 0 Å². The Balaban J connectivity index is 1.60. The van der Waals surface area contributed by atoms with Crippen LogP contribution in [0.4, 0.5) is 5.69 Å². The van der Waals surface area contributed by atoms with Gasteiger partial charge >= 0.3 is 5.69 Å². The highest BCUT2D eigenvalue weighted by molar-refractivity contribution is 6.31. The molecule has 0 N–H and O–H groups in total. The molecule has 1 amide bonds. The maximum Gasteiger partial charge on any atom is 0.346 e. The first-order valence-electron chi connectivity index (χ1n) is 8.53. The van der Waals surface area contributed by atoms with Crippen molar-refractivity contribution in [3.05, 3.63) is 39.5 Å². The lowest BCUT2D eigenvalue weighted by Crippen LogP contribution is -2.41. The maximum absolute atomic E-state index is 12.8. The number of amides is 1. The zero-order valence-electron chi connectivity index (χ0n) is 13.8. The molecular weight excluding hydrogens is 344 g/mol. The standard InChI is InChI=1S/C17H19ClN4O3/c18-12-5-6-14-13(10-12)20(8-9-25-14)16(23)11-22-17(24)21-7-3-1-2-4-15(21)19-22/h5-6,10H,1-4,7-9,11H2. The third kappa shape index (κ3) is 3.04. The third-order valence-corrected chi connectivity index (χ3v) is 4.89. The number of hydrogen-bond donors (Lipinski definition) is 0. The Hall–Kier alpha value is -2.28. The molecule has 0 radical (unpaired) electrons. The van der Waals surface area contributed by atoms with Crippen molar-refractivity contribution in [2.45, 2.75) is 38.8 Å². The number of hydrogen-bond acceptors (Lipinski definition) is 4. The van der Waals surface area contributed by atoms with Gasteiger partial charge in [0.15, 0.2) is 0 Å². The fourth-order valence-corrected chi connectivity index (χ4v) is 3.56. The van der Waals surface area contributed by atoms with Gasteiger partial charge in [0, 0.05) is 18.0 Å². The second kappa shape index (κ2) is 6.55. The summed E-state index contributed by atoms with van der Waals surface area (Å²) in [5.41, 5.74) is 0.433. The molecule has 0 atom stereocenters. The van der Waals surface area contributed by atoms with Crippen LogP contribution in [0.5, 0.6) is 5.75 Å². The number of benzene rings is 1. The van der Waals surface area contributed by atoms with Crippen LogP contribution in [0.3, 0.4) is 0 Å². The number of fused-ring (bicyclic) bond motifs is 2. The van der Waals surface area contributed by atoms with Crippen molar-refractivity contribution < 1.29 is 9.53 Å². The Labute approximate surface area is 149 Å². The normalized spacial score (nSPS) is 16.6. The van der Waals surface area contributed by atoms with Crippen LogP contribution < -0.4 is 15.3 Å². The molecule has 0 aliphatic carbocycles. The number of carbonyl (C=O) groups is 1. The number of carbonyl (C=O) groups excluding carboxylic acids is 1. The zero-order chi connectivity index (χ0) is 17.4. The maximum atomic E-state index is 12.8. The van der Waals surface area contributed by atoms with Gasteiger partial charge in [-0.3, -0.25) is 9.36 Å². The Morgan fingerprint density at radius 2 is 2.12 bits per heavy atom. The van der Waals surface area contributed by atoms with Gasteiger partial charge in [0.05, 0.1) is 12.2 Å².